The van der Waals surface area contributed by atoms with Crippen LogP contribution in [-0.2, 0) is 22.7 Å². The number of hydrazine groups is 1. The van der Waals surface area contributed by atoms with Gasteiger partial charge in [-0.3, -0.25) is 5.43 Å². The molecule has 6 nitrogen and oxygen atoms in total. The van der Waals surface area contributed by atoms with Crippen molar-refractivity contribution in [1.29, 1.82) is 0 Å². The van der Waals surface area contributed by atoms with Crippen LogP contribution in [0, 0.1) is 0 Å². The van der Waals surface area contributed by atoms with Gasteiger partial charge in [0.15, 0.2) is 0 Å². The van der Waals surface area contributed by atoms with E-state index < -0.39 is 12.5 Å². The molecule has 0 spiro atoms. The molecule has 1 unspecified atom stereocenters. The average Bonchev–Trinajstić information content (AvgIpc) is 2.58. The maximum atomic E-state index is 11.4. The molecule has 0 fully saturated rings. The number of carbonyl (C=O) groups excluding carboxylic acids is 1. The van der Waals surface area contributed by atoms with Crippen molar-refractivity contribution in [2.45, 2.75) is 19.6 Å². The van der Waals surface area contributed by atoms with E-state index in [1.165, 1.54) is 0 Å². The van der Waals surface area contributed by atoms with Crippen molar-refractivity contribution in [3.05, 3.63) is 71.8 Å². The third-order valence-corrected chi connectivity index (χ3v) is 2.76. The van der Waals surface area contributed by atoms with Crippen LogP contribution in [0.15, 0.2) is 60.7 Å². The van der Waals surface area contributed by atoms with Gasteiger partial charge < -0.3 is 14.6 Å². The quantitative estimate of drug-likeness (QED) is 0.538. The summed E-state index contributed by atoms with van der Waals surface area (Å²) in [6.45, 7) is 0.366. The Morgan fingerprint density at radius 1 is 0.955 bits per heavy atom. The lowest BCUT2D eigenvalue weighted by molar-refractivity contribution is -0.134. The summed E-state index contributed by atoms with van der Waals surface area (Å²) in [4.78, 5) is 11.4. The molecule has 2 aromatic carbocycles. The summed E-state index contributed by atoms with van der Waals surface area (Å²) in [6, 6.07) is 18.7. The second-order valence-electron chi connectivity index (χ2n) is 4.48. The van der Waals surface area contributed by atoms with Crippen LogP contribution in [0.5, 0.6) is 0 Å². The van der Waals surface area contributed by atoms with Gasteiger partial charge in [-0.1, -0.05) is 60.7 Å². The van der Waals surface area contributed by atoms with Crippen molar-refractivity contribution < 1.29 is 19.4 Å². The van der Waals surface area contributed by atoms with Crippen molar-refractivity contribution in [3.63, 3.8) is 0 Å². The number of ether oxygens (including phenoxy) is 2. The van der Waals surface area contributed by atoms with Gasteiger partial charge >= 0.3 is 6.09 Å². The number of rotatable bonds is 7. The van der Waals surface area contributed by atoms with E-state index in [4.69, 9.17) is 9.47 Å². The number of nitrogens with one attached hydrogen (secondary N) is 2. The highest BCUT2D eigenvalue weighted by Gasteiger charge is 2.07. The molecule has 0 saturated carbocycles. The lowest BCUT2D eigenvalue weighted by Crippen LogP contribution is -2.45. The molecule has 0 aliphatic heterocycles. The second-order valence-corrected chi connectivity index (χ2v) is 4.48. The SMILES string of the molecule is O=C(NNC(O)OCc1ccccc1)OCc1ccccc1. The Labute approximate surface area is 128 Å². The highest BCUT2D eigenvalue weighted by Crippen LogP contribution is 2.02. The van der Waals surface area contributed by atoms with Crippen LogP contribution >= 0.6 is 0 Å². The molecule has 0 bridgehead atoms. The number of carbonyl (C=O) groups is 1. The third kappa shape index (κ3) is 5.92. The molecule has 0 heterocycles. The maximum absolute atomic E-state index is 11.4. The Bertz CT molecular complexity index is 563. The Morgan fingerprint density at radius 3 is 2.09 bits per heavy atom. The summed E-state index contributed by atoms with van der Waals surface area (Å²) in [5, 5.41) is 9.54. The highest BCUT2D eigenvalue weighted by molar-refractivity contribution is 5.66. The number of aliphatic hydroxyl groups excluding tert-OH is 1. The summed E-state index contributed by atoms with van der Waals surface area (Å²) in [5.41, 5.74) is 6.29. The van der Waals surface area contributed by atoms with Crippen LogP contribution in [0.25, 0.3) is 0 Å². The molecular weight excluding hydrogens is 284 g/mol. The Morgan fingerprint density at radius 2 is 1.50 bits per heavy atom. The molecule has 0 aromatic heterocycles. The number of hydrogen-bond donors (Lipinski definition) is 3. The van der Waals surface area contributed by atoms with Gasteiger partial charge in [-0.2, -0.15) is 5.43 Å². The molecule has 0 radical (unpaired) electrons. The number of aliphatic hydroxyl groups is 1. The fourth-order valence-electron chi connectivity index (χ4n) is 1.67. The first-order chi connectivity index (χ1) is 10.7. The van der Waals surface area contributed by atoms with Crippen molar-refractivity contribution >= 4 is 6.09 Å². The standard InChI is InChI=1S/C16H18N2O4/c19-15(21-11-13-7-3-1-4-8-13)17-18-16(20)22-12-14-9-5-2-6-10-14/h1-10,15,17,19H,11-12H2,(H,18,20). The maximum Gasteiger partial charge on any atom is 0.422 e. The number of amides is 1. The largest absolute Gasteiger partial charge is 0.444 e. The predicted molar refractivity (Wildman–Crippen MR) is 80.1 cm³/mol. The first kappa shape index (κ1) is 16.0. The predicted octanol–water partition coefficient (Wildman–Crippen LogP) is 1.91. The van der Waals surface area contributed by atoms with E-state index in [9.17, 15) is 9.90 Å². The normalized spacial score (nSPS) is 11.7. The first-order valence-corrected chi connectivity index (χ1v) is 6.80. The van der Waals surface area contributed by atoms with Gasteiger partial charge in [0.1, 0.15) is 6.61 Å². The monoisotopic (exact) mass is 302 g/mol. The molecule has 0 saturated heterocycles. The zero-order valence-electron chi connectivity index (χ0n) is 11.9. The molecule has 6 heteroatoms. The van der Waals surface area contributed by atoms with E-state index in [0.29, 0.717) is 0 Å². The van der Waals surface area contributed by atoms with Gasteiger partial charge in [0, 0.05) is 0 Å². The minimum absolute atomic E-state index is 0.148. The zero-order valence-corrected chi connectivity index (χ0v) is 11.9. The Kier molecular flexibility index (Phi) is 6.38. The molecule has 1 atom stereocenters. The van der Waals surface area contributed by atoms with E-state index in [2.05, 4.69) is 10.9 Å². The minimum Gasteiger partial charge on any atom is -0.444 e. The van der Waals surface area contributed by atoms with Crippen LogP contribution in [0.1, 0.15) is 11.1 Å². The first-order valence-electron chi connectivity index (χ1n) is 6.80. The van der Waals surface area contributed by atoms with Crippen molar-refractivity contribution in [1.82, 2.24) is 10.9 Å². The van der Waals surface area contributed by atoms with Gasteiger partial charge in [0.2, 0.25) is 6.41 Å². The van der Waals surface area contributed by atoms with Crippen LogP contribution in [-0.4, -0.2) is 17.6 Å². The molecular formula is C16H18N2O4. The second kappa shape index (κ2) is 8.78. The van der Waals surface area contributed by atoms with Gasteiger partial charge in [-0.25, -0.2) is 4.79 Å². The van der Waals surface area contributed by atoms with E-state index in [1.807, 2.05) is 60.7 Å². The van der Waals surface area contributed by atoms with Crippen molar-refractivity contribution in [2.75, 3.05) is 0 Å². The van der Waals surface area contributed by atoms with Gasteiger partial charge in [-0.05, 0) is 11.1 Å². The van der Waals surface area contributed by atoms with Gasteiger partial charge in [0.05, 0.1) is 6.61 Å². The van der Waals surface area contributed by atoms with E-state index in [0.717, 1.165) is 11.1 Å². The van der Waals surface area contributed by atoms with Gasteiger partial charge in [0.25, 0.3) is 0 Å². The summed E-state index contributed by atoms with van der Waals surface area (Å²) in [6.07, 6.45) is -2.03. The topological polar surface area (TPSA) is 79.8 Å². The minimum atomic E-state index is -1.33. The van der Waals surface area contributed by atoms with E-state index in [1.54, 1.807) is 0 Å². The lowest BCUT2D eigenvalue weighted by atomic mass is 10.2. The smallest absolute Gasteiger partial charge is 0.422 e. The summed E-state index contributed by atoms with van der Waals surface area (Å²) in [5.74, 6) is 0. The van der Waals surface area contributed by atoms with E-state index in [-0.39, 0.29) is 13.2 Å². The zero-order chi connectivity index (χ0) is 15.6. The molecule has 0 aliphatic rings. The van der Waals surface area contributed by atoms with Crippen LogP contribution in [0.2, 0.25) is 0 Å². The van der Waals surface area contributed by atoms with Crippen LogP contribution in [0.4, 0.5) is 4.79 Å². The molecule has 2 rings (SSSR count). The summed E-state index contributed by atoms with van der Waals surface area (Å²) >= 11 is 0. The fourth-order valence-corrected chi connectivity index (χ4v) is 1.67. The van der Waals surface area contributed by atoms with Crippen LogP contribution < -0.4 is 10.9 Å². The lowest BCUT2D eigenvalue weighted by Gasteiger charge is -2.14. The van der Waals surface area contributed by atoms with Crippen molar-refractivity contribution in [2.24, 2.45) is 0 Å². The molecule has 0 aliphatic carbocycles. The highest BCUT2D eigenvalue weighted by atomic mass is 16.6. The molecule has 1 amide bonds. The fraction of sp³-hybridized carbons (Fsp3) is 0.188. The number of hydrogen-bond acceptors (Lipinski definition) is 5. The van der Waals surface area contributed by atoms with Crippen LogP contribution in [0.3, 0.4) is 0 Å². The Hall–Kier alpha value is -2.41. The molecule has 22 heavy (non-hydrogen) atoms. The third-order valence-electron chi connectivity index (χ3n) is 2.76. The summed E-state index contributed by atoms with van der Waals surface area (Å²) < 4.78 is 10.1. The molecule has 2 aromatic rings. The van der Waals surface area contributed by atoms with E-state index >= 15 is 0 Å². The summed E-state index contributed by atoms with van der Waals surface area (Å²) in [7, 11) is 0. The number of benzene rings is 2. The molecule has 3 N–H and O–H groups in total. The van der Waals surface area contributed by atoms with Gasteiger partial charge in [-0.15, -0.1) is 0 Å². The molecule has 116 valence electrons. The average molecular weight is 302 g/mol. The Balaban J connectivity index is 1.61. The van der Waals surface area contributed by atoms with Crippen molar-refractivity contribution in [3.8, 4) is 0 Å².